The van der Waals surface area contributed by atoms with Crippen LogP contribution >= 0.6 is 15.9 Å². The molecule has 0 aromatic heterocycles. The summed E-state index contributed by atoms with van der Waals surface area (Å²) >= 11 is 3.49. The van der Waals surface area contributed by atoms with Crippen LogP contribution < -0.4 is 18.9 Å². The van der Waals surface area contributed by atoms with Crippen molar-refractivity contribution in [2.45, 2.75) is 19.9 Å². The summed E-state index contributed by atoms with van der Waals surface area (Å²) < 4.78 is 23.9. The predicted molar refractivity (Wildman–Crippen MR) is 137 cm³/mol. The molecule has 0 aliphatic carbocycles. The molecule has 0 spiro atoms. The first-order valence-corrected chi connectivity index (χ1v) is 12.2. The lowest BCUT2D eigenvalue weighted by Crippen LogP contribution is -2.33. The Hall–Kier alpha value is -3.29. The number of ketones is 1. The van der Waals surface area contributed by atoms with Crippen LogP contribution in [0.15, 0.2) is 58.8 Å². The highest BCUT2D eigenvalue weighted by Crippen LogP contribution is 2.44. The molecular formula is C28H26BrNO5. The van der Waals surface area contributed by atoms with Crippen molar-refractivity contribution in [1.82, 2.24) is 4.90 Å². The summed E-state index contributed by atoms with van der Waals surface area (Å²) in [5.74, 6) is 3.04. The molecule has 0 N–H and O–H groups in total. The quantitative estimate of drug-likeness (QED) is 0.372. The number of aryl methyl sites for hydroxylation is 1. The molecule has 0 amide bonds. The van der Waals surface area contributed by atoms with Crippen LogP contribution in [0.4, 0.5) is 0 Å². The van der Waals surface area contributed by atoms with E-state index in [1.165, 1.54) is 5.56 Å². The Morgan fingerprint density at radius 1 is 1.09 bits per heavy atom. The lowest BCUT2D eigenvalue weighted by atomic mass is 9.98. The van der Waals surface area contributed by atoms with Gasteiger partial charge >= 0.3 is 0 Å². The van der Waals surface area contributed by atoms with Crippen molar-refractivity contribution in [3.63, 3.8) is 0 Å². The van der Waals surface area contributed by atoms with Crippen LogP contribution in [0.25, 0.3) is 6.08 Å². The zero-order valence-corrected chi connectivity index (χ0v) is 21.5. The van der Waals surface area contributed by atoms with Gasteiger partial charge in [0.15, 0.2) is 5.76 Å². The van der Waals surface area contributed by atoms with E-state index in [1.54, 1.807) is 20.3 Å². The largest absolute Gasteiger partial charge is 0.497 e. The smallest absolute Gasteiger partial charge is 0.232 e. The predicted octanol–water partition coefficient (Wildman–Crippen LogP) is 5.79. The zero-order chi connectivity index (χ0) is 24.5. The maximum atomic E-state index is 13.3. The van der Waals surface area contributed by atoms with Crippen LogP contribution in [0.5, 0.6) is 23.0 Å². The lowest BCUT2D eigenvalue weighted by Gasteiger charge is -2.30. The third-order valence-electron chi connectivity index (χ3n) is 6.34. The monoisotopic (exact) mass is 535 g/mol. The molecule has 3 aromatic carbocycles. The van der Waals surface area contributed by atoms with E-state index in [1.807, 2.05) is 43.3 Å². The van der Waals surface area contributed by atoms with E-state index in [4.69, 9.17) is 18.9 Å². The molecule has 0 saturated carbocycles. The fourth-order valence-corrected chi connectivity index (χ4v) is 4.84. The number of hydrogen-bond acceptors (Lipinski definition) is 6. The number of benzene rings is 3. The number of ether oxygens (including phenoxy) is 4. The molecule has 6 nitrogen and oxygen atoms in total. The molecular weight excluding hydrogens is 510 g/mol. The minimum absolute atomic E-state index is 0.127. The third kappa shape index (κ3) is 4.66. The van der Waals surface area contributed by atoms with Crippen molar-refractivity contribution in [3.8, 4) is 23.0 Å². The minimum Gasteiger partial charge on any atom is -0.497 e. The van der Waals surface area contributed by atoms with Crippen LogP contribution in [0.1, 0.15) is 32.6 Å². The summed E-state index contributed by atoms with van der Waals surface area (Å²) in [5, 5.41) is 0. The van der Waals surface area contributed by atoms with Gasteiger partial charge in [0, 0.05) is 23.1 Å². The number of halogens is 1. The number of Topliss-reactive ketones (excluding diaryl/α,β-unsaturated/α-hetero) is 1. The number of fused-ring (bicyclic) bond motifs is 3. The fourth-order valence-electron chi connectivity index (χ4n) is 4.46. The van der Waals surface area contributed by atoms with Crippen LogP contribution in [-0.4, -0.2) is 38.2 Å². The number of rotatable bonds is 6. The second-order valence-corrected chi connectivity index (χ2v) is 9.54. The second kappa shape index (κ2) is 9.76. The van der Waals surface area contributed by atoms with Gasteiger partial charge in [0.2, 0.25) is 5.78 Å². The fraction of sp³-hybridized carbons (Fsp3) is 0.250. The van der Waals surface area contributed by atoms with Gasteiger partial charge in [-0.3, -0.25) is 9.69 Å². The maximum Gasteiger partial charge on any atom is 0.232 e. The van der Waals surface area contributed by atoms with Crippen molar-refractivity contribution in [3.05, 3.63) is 86.6 Å². The Bertz CT molecular complexity index is 1320. The van der Waals surface area contributed by atoms with Crippen molar-refractivity contribution >= 4 is 27.8 Å². The van der Waals surface area contributed by atoms with Gasteiger partial charge < -0.3 is 18.9 Å². The number of hydrogen-bond donors (Lipinski definition) is 0. The molecule has 7 heteroatoms. The Kier molecular flexibility index (Phi) is 6.54. The third-order valence-corrected chi connectivity index (χ3v) is 6.84. The van der Waals surface area contributed by atoms with E-state index in [0.29, 0.717) is 30.3 Å². The van der Waals surface area contributed by atoms with E-state index in [-0.39, 0.29) is 11.5 Å². The second-order valence-electron chi connectivity index (χ2n) is 8.62. The SMILES string of the molecule is COc1ccc(CCN2COc3cc(C)c4c(c3C2)O/C(=C/c2cc(Br)ccc2OC)C4=O)cc1. The summed E-state index contributed by atoms with van der Waals surface area (Å²) in [6.07, 6.45) is 2.62. The van der Waals surface area contributed by atoms with E-state index in [2.05, 4.69) is 33.0 Å². The van der Waals surface area contributed by atoms with Crippen molar-refractivity contribution in [2.75, 3.05) is 27.5 Å². The topological polar surface area (TPSA) is 57.2 Å². The van der Waals surface area contributed by atoms with Gasteiger partial charge in [-0.25, -0.2) is 0 Å². The average Bonchev–Trinajstić information content (AvgIpc) is 3.20. The minimum atomic E-state index is -0.127. The van der Waals surface area contributed by atoms with Gasteiger partial charge in [-0.05, 0) is 66.9 Å². The number of allylic oxidation sites excluding steroid dienone is 1. The van der Waals surface area contributed by atoms with Gasteiger partial charge in [0.05, 0.1) is 25.3 Å². The van der Waals surface area contributed by atoms with Crippen LogP contribution in [0, 0.1) is 6.92 Å². The summed E-state index contributed by atoms with van der Waals surface area (Å²) in [6.45, 7) is 3.88. The first-order chi connectivity index (χ1) is 17.0. The molecule has 0 radical (unpaired) electrons. The maximum absolute atomic E-state index is 13.3. The van der Waals surface area contributed by atoms with Gasteiger partial charge in [-0.15, -0.1) is 0 Å². The molecule has 0 saturated heterocycles. The van der Waals surface area contributed by atoms with Crippen LogP contribution in [0.3, 0.4) is 0 Å². The van der Waals surface area contributed by atoms with E-state index < -0.39 is 0 Å². The first-order valence-electron chi connectivity index (χ1n) is 11.4. The average molecular weight is 536 g/mol. The summed E-state index contributed by atoms with van der Waals surface area (Å²) in [5.41, 5.74) is 4.35. The zero-order valence-electron chi connectivity index (χ0n) is 19.9. The normalized spacial score (nSPS) is 15.9. The van der Waals surface area contributed by atoms with E-state index in [0.717, 1.165) is 45.6 Å². The molecule has 180 valence electrons. The van der Waals surface area contributed by atoms with Gasteiger partial charge in [0.25, 0.3) is 0 Å². The molecule has 0 unspecified atom stereocenters. The molecule has 2 aliphatic heterocycles. The first kappa shape index (κ1) is 23.5. The highest BCUT2D eigenvalue weighted by Gasteiger charge is 2.35. The Labute approximate surface area is 213 Å². The number of methoxy groups -OCH3 is 2. The standard InChI is InChI=1S/C28H26BrNO5/c1-17-12-24-22(15-30(16-34-24)11-10-18-4-7-21(32-2)8-5-18)28-26(17)27(31)25(35-28)14-19-13-20(29)6-9-23(19)33-3/h4-9,12-14H,10-11,15-16H2,1-3H3/b25-14+. The van der Waals surface area contributed by atoms with Crippen molar-refractivity contribution in [1.29, 1.82) is 0 Å². The molecule has 0 atom stereocenters. The summed E-state index contributed by atoms with van der Waals surface area (Å²) in [7, 11) is 3.27. The summed E-state index contributed by atoms with van der Waals surface area (Å²) in [6, 6.07) is 15.7. The van der Waals surface area contributed by atoms with E-state index in [9.17, 15) is 4.79 Å². The summed E-state index contributed by atoms with van der Waals surface area (Å²) in [4.78, 5) is 15.5. The van der Waals surface area contributed by atoms with Crippen LogP contribution in [0.2, 0.25) is 0 Å². The highest BCUT2D eigenvalue weighted by molar-refractivity contribution is 9.10. The van der Waals surface area contributed by atoms with Crippen molar-refractivity contribution < 1.29 is 23.7 Å². The Balaban J connectivity index is 1.39. The van der Waals surface area contributed by atoms with Crippen molar-refractivity contribution in [2.24, 2.45) is 0 Å². The molecule has 0 fully saturated rings. The molecule has 5 rings (SSSR count). The number of carbonyl (C=O) groups is 1. The highest BCUT2D eigenvalue weighted by atomic mass is 79.9. The van der Waals surface area contributed by atoms with Gasteiger partial charge in [0.1, 0.15) is 29.7 Å². The molecule has 0 bridgehead atoms. The Morgan fingerprint density at radius 3 is 2.63 bits per heavy atom. The van der Waals surface area contributed by atoms with E-state index >= 15 is 0 Å². The van der Waals surface area contributed by atoms with Crippen LogP contribution in [-0.2, 0) is 13.0 Å². The Morgan fingerprint density at radius 2 is 1.89 bits per heavy atom. The number of carbonyl (C=O) groups excluding carboxylic acids is 1. The molecule has 3 aromatic rings. The molecule has 2 heterocycles. The molecule has 2 aliphatic rings. The van der Waals surface area contributed by atoms with Gasteiger partial charge in [-0.2, -0.15) is 0 Å². The number of nitrogens with zero attached hydrogens (tertiary/aromatic N) is 1. The lowest BCUT2D eigenvalue weighted by molar-refractivity contribution is 0.0949. The molecule has 35 heavy (non-hydrogen) atoms. The van der Waals surface area contributed by atoms with Gasteiger partial charge in [-0.1, -0.05) is 28.1 Å².